The summed E-state index contributed by atoms with van der Waals surface area (Å²) in [7, 11) is 1.44. The van der Waals surface area contributed by atoms with Crippen molar-refractivity contribution >= 4 is 0 Å². The fourth-order valence-corrected chi connectivity index (χ4v) is 3.31. The summed E-state index contributed by atoms with van der Waals surface area (Å²) in [5, 5.41) is 0. The van der Waals surface area contributed by atoms with E-state index in [4.69, 9.17) is 4.74 Å². The first-order chi connectivity index (χ1) is 9.58. The fourth-order valence-electron chi connectivity index (χ4n) is 3.31. The third-order valence-corrected chi connectivity index (χ3v) is 4.53. The standard InChI is InChI=1S/C15H22FN3O/c1-10(2)18-8-12-5-13(9-18)19(12)7-11-4-14(16)15(20-3)17-6-11/h4,6,10,12-13H,5,7-9H2,1-3H3. The molecule has 0 N–H and O–H groups in total. The van der Waals surface area contributed by atoms with Gasteiger partial charge in [-0.25, -0.2) is 9.37 Å². The Morgan fingerprint density at radius 1 is 1.40 bits per heavy atom. The summed E-state index contributed by atoms with van der Waals surface area (Å²) >= 11 is 0. The molecule has 0 spiro atoms. The molecular weight excluding hydrogens is 257 g/mol. The lowest BCUT2D eigenvalue weighted by Crippen LogP contribution is -2.68. The summed E-state index contributed by atoms with van der Waals surface area (Å²) in [6.45, 7) is 7.53. The van der Waals surface area contributed by atoms with Crippen LogP contribution in [0.3, 0.4) is 0 Å². The molecule has 0 aliphatic carbocycles. The molecule has 2 saturated heterocycles. The Kier molecular flexibility index (Phi) is 3.65. The van der Waals surface area contributed by atoms with Gasteiger partial charge in [-0.2, -0.15) is 0 Å². The van der Waals surface area contributed by atoms with Crippen LogP contribution >= 0.6 is 0 Å². The Bertz CT molecular complexity index is 482. The smallest absolute Gasteiger partial charge is 0.250 e. The first kappa shape index (κ1) is 13.8. The minimum Gasteiger partial charge on any atom is -0.479 e. The van der Waals surface area contributed by atoms with Gasteiger partial charge in [-0.15, -0.1) is 0 Å². The van der Waals surface area contributed by atoms with E-state index in [0.717, 1.165) is 25.2 Å². The van der Waals surface area contributed by atoms with Gasteiger partial charge >= 0.3 is 0 Å². The minimum absolute atomic E-state index is 0.0727. The van der Waals surface area contributed by atoms with E-state index < -0.39 is 0 Å². The van der Waals surface area contributed by atoms with Crippen molar-refractivity contribution in [2.45, 2.75) is 44.9 Å². The average molecular weight is 279 g/mol. The number of aromatic nitrogens is 1. The van der Waals surface area contributed by atoms with Crippen molar-refractivity contribution in [2.24, 2.45) is 0 Å². The van der Waals surface area contributed by atoms with Crippen LogP contribution in [0.5, 0.6) is 5.88 Å². The summed E-state index contributed by atoms with van der Waals surface area (Å²) in [6.07, 6.45) is 2.99. The van der Waals surface area contributed by atoms with Crippen molar-refractivity contribution < 1.29 is 9.13 Å². The number of ether oxygens (including phenoxy) is 1. The van der Waals surface area contributed by atoms with E-state index in [1.807, 2.05) is 0 Å². The zero-order valence-corrected chi connectivity index (χ0v) is 12.3. The molecule has 1 aromatic rings. The maximum absolute atomic E-state index is 13.7. The van der Waals surface area contributed by atoms with Crippen molar-refractivity contribution in [1.82, 2.24) is 14.8 Å². The molecule has 0 aromatic carbocycles. The summed E-state index contributed by atoms with van der Waals surface area (Å²) in [6, 6.07) is 3.38. The summed E-state index contributed by atoms with van der Waals surface area (Å²) < 4.78 is 18.5. The lowest BCUT2D eigenvalue weighted by atomic mass is 9.86. The normalized spacial score (nSPS) is 26.6. The van der Waals surface area contributed by atoms with Crippen LogP contribution in [0.15, 0.2) is 12.3 Å². The van der Waals surface area contributed by atoms with E-state index >= 15 is 0 Å². The van der Waals surface area contributed by atoms with Crippen LogP contribution in [0.1, 0.15) is 25.8 Å². The van der Waals surface area contributed by atoms with Crippen molar-refractivity contribution in [3.8, 4) is 5.88 Å². The predicted molar refractivity (Wildman–Crippen MR) is 75.2 cm³/mol. The van der Waals surface area contributed by atoms with Gasteiger partial charge in [0.2, 0.25) is 5.88 Å². The van der Waals surface area contributed by atoms with E-state index in [9.17, 15) is 4.39 Å². The molecule has 4 nitrogen and oxygen atoms in total. The van der Waals surface area contributed by atoms with E-state index in [1.165, 1.54) is 13.5 Å². The number of piperidine rings is 1. The molecule has 20 heavy (non-hydrogen) atoms. The molecule has 1 aromatic heterocycles. The molecule has 2 fully saturated rings. The van der Waals surface area contributed by atoms with Crippen molar-refractivity contribution in [3.63, 3.8) is 0 Å². The molecule has 0 amide bonds. The number of likely N-dealkylation sites (tertiary alicyclic amines) is 2. The van der Waals surface area contributed by atoms with Crippen LogP contribution in [0.25, 0.3) is 0 Å². The molecule has 3 rings (SSSR count). The lowest BCUT2D eigenvalue weighted by Gasteiger charge is -2.57. The summed E-state index contributed by atoms with van der Waals surface area (Å²) in [4.78, 5) is 9.01. The molecule has 2 aliphatic rings. The second-order valence-electron chi connectivity index (χ2n) is 6.10. The Balaban J connectivity index is 1.64. The monoisotopic (exact) mass is 279 g/mol. The number of pyridine rings is 1. The number of halogens is 1. The molecule has 0 saturated carbocycles. The second-order valence-corrected chi connectivity index (χ2v) is 6.10. The van der Waals surface area contributed by atoms with Crippen LogP contribution in [0.2, 0.25) is 0 Å². The van der Waals surface area contributed by atoms with Gasteiger partial charge in [0.05, 0.1) is 7.11 Å². The highest BCUT2D eigenvalue weighted by molar-refractivity contribution is 5.21. The largest absolute Gasteiger partial charge is 0.479 e. The van der Waals surface area contributed by atoms with Gasteiger partial charge < -0.3 is 4.74 Å². The molecule has 110 valence electrons. The van der Waals surface area contributed by atoms with E-state index in [-0.39, 0.29) is 11.7 Å². The molecule has 0 radical (unpaired) electrons. The van der Waals surface area contributed by atoms with Gasteiger partial charge in [0.25, 0.3) is 0 Å². The Labute approximate surface area is 119 Å². The number of fused-ring (bicyclic) bond motifs is 2. The maximum Gasteiger partial charge on any atom is 0.250 e. The van der Waals surface area contributed by atoms with Gasteiger partial charge in [-0.05, 0) is 31.9 Å². The first-order valence-corrected chi connectivity index (χ1v) is 7.26. The highest BCUT2D eigenvalue weighted by atomic mass is 19.1. The van der Waals surface area contributed by atoms with Gasteiger partial charge in [0.15, 0.2) is 5.82 Å². The average Bonchev–Trinajstić information content (AvgIpc) is 2.45. The van der Waals surface area contributed by atoms with E-state index in [1.54, 1.807) is 12.3 Å². The number of rotatable bonds is 4. The van der Waals surface area contributed by atoms with Crippen LogP contribution in [-0.4, -0.2) is 53.1 Å². The third kappa shape index (κ3) is 2.40. The predicted octanol–water partition coefficient (Wildman–Crippen LogP) is 1.90. The van der Waals surface area contributed by atoms with Crippen LogP contribution in [-0.2, 0) is 6.54 Å². The number of piperazine rings is 1. The number of nitrogens with zero attached hydrogens (tertiary/aromatic N) is 3. The minimum atomic E-state index is -0.375. The van der Waals surface area contributed by atoms with Crippen LogP contribution < -0.4 is 4.74 Å². The van der Waals surface area contributed by atoms with Gasteiger partial charge in [0, 0.05) is 44.0 Å². The van der Waals surface area contributed by atoms with Crippen molar-refractivity contribution in [2.75, 3.05) is 20.2 Å². The zero-order chi connectivity index (χ0) is 14.3. The second kappa shape index (κ2) is 5.30. The van der Waals surface area contributed by atoms with Gasteiger partial charge in [0.1, 0.15) is 0 Å². The Morgan fingerprint density at radius 2 is 2.10 bits per heavy atom. The topological polar surface area (TPSA) is 28.6 Å². The molecule has 2 bridgehead atoms. The molecular formula is C15H22FN3O. The number of hydrogen-bond acceptors (Lipinski definition) is 4. The quantitative estimate of drug-likeness (QED) is 0.841. The van der Waals surface area contributed by atoms with Crippen LogP contribution in [0, 0.1) is 5.82 Å². The Hall–Kier alpha value is -1.20. The molecule has 5 heteroatoms. The van der Waals surface area contributed by atoms with Gasteiger partial charge in [-0.1, -0.05) is 0 Å². The summed E-state index contributed by atoms with van der Waals surface area (Å²) in [5.74, 6) is -0.303. The molecule has 2 aliphatic heterocycles. The van der Waals surface area contributed by atoms with E-state index in [2.05, 4.69) is 28.6 Å². The zero-order valence-electron chi connectivity index (χ0n) is 12.3. The van der Waals surface area contributed by atoms with Crippen molar-refractivity contribution in [3.05, 3.63) is 23.6 Å². The SMILES string of the molecule is COc1ncc(CN2C3CC2CN(C(C)C)C3)cc1F. The van der Waals surface area contributed by atoms with Crippen molar-refractivity contribution in [1.29, 1.82) is 0 Å². The molecule has 2 atom stereocenters. The highest BCUT2D eigenvalue weighted by Gasteiger charge is 2.44. The fraction of sp³-hybridized carbons (Fsp3) is 0.667. The highest BCUT2D eigenvalue weighted by Crippen LogP contribution is 2.34. The third-order valence-electron chi connectivity index (χ3n) is 4.53. The number of hydrogen-bond donors (Lipinski definition) is 0. The maximum atomic E-state index is 13.7. The lowest BCUT2D eigenvalue weighted by molar-refractivity contribution is -0.0835. The van der Waals surface area contributed by atoms with E-state index in [0.29, 0.717) is 18.1 Å². The van der Waals surface area contributed by atoms with Gasteiger partial charge in [-0.3, -0.25) is 9.80 Å². The molecule has 3 heterocycles. The first-order valence-electron chi connectivity index (χ1n) is 7.26. The Morgan fingerprint density at radius 3 is 2.65 bits per heavy atom. The van der Waals surface area contributed by atoms with Crippen LogP contribution in [0.4, 0.5) is 4.39 Å². The summed E-state index contributed by atoms with van der Waals surface area (Å²) in [5.41, 5.74) is 0.927. The molecule has 2 unspecified atom stereocenters. The number of methoxy groups -OCH3 is 1.